The predicted molar refractivity (Wildman–Crippen MR) is 87.0 cm³/mol. The zero-order valence-electron chi connectivity index (χ0n) is 12.2. The maximum Gasteiger partial charge on any atom is 0.252 e. The molecule has 2 aromatic rings. The van der Waals surface area contributed by atoms with E-state index >= 15 is 0 Å². The first kappa shape index (κ1) is 15.7. The van der Waals surface area contributed by atoms with E-state index in [2.05, 4.69) is 9.97 Å². The molecule has 0 spiro atoms. The zero-order chi connectivity index (χ0) is 15.9. The van der Waals surface area contributed by atoms with Crippen molar-refractivity contribution in [3.63, 3.8) is 0 Å². The van der Waals surface area contributed by atoms with Crippen molar-refractivity contribution in [2.75, 3.05) is 25.5 Å². The van der Waals surface area contributed by atoms with Gasteiger partial charge in [0.15, 0.2) is 0 Å². The lowest BCUT2D eigenvalue weighted by atomic mass is 10.1. The van der Waals surface area contributed by atoms with Gasteiger partial charge in [0.2, 0.25) is 0 Å². The standard InChI is InChI=1S/C13H15ClN4O2S2/c1-17(2)13-9-5-6-18(7-10(9)15-8-16-13)22(19,20)12-4-3-11(14)21-12/h3-4,8H,5-7H2,1-2H3. The molecule has 0 aromatic carbocycles. The van der Waals surface area contributed by atoms with Gasteiger partial charge in [-0.05, 0) is 18.6 Å². The first-order valence-corrected chi connectivity index (χ1v) is 9.28. The normalized spacial score (nSPS) is 15.6. The summed E-state index contributed by atoms with van der Waals surface area (Å²) in [6, 6.07) is 3.15. The summed E-state index contributed by atoms with van der Waals surface area (Å²) >= 11 is 6.92. The Hall–Kier alpha value is -1.22. The van der Waals surface area contributed by atoms with Crippen LogP contribution in [0.25, 0.3) is 0 Å². The van der Waals surface area contributed by atoms with Crippen LogP contribution in [0.15, 0.2) is 22.7 Å². The molecule has 6 nitrogen and oxygen atoms in total. The molecular formula is C13H15ClN4O2S2. The van der Waals surface area contributed by atoms with Gasteiger partial charge in [0.05, 0.1) is 16.6 Å². The Kier molecular flexibility index (Phi) is 4.11. The van der Waals surface area contributed by atoms with Crippen LogP contribution in [0.2, 0.25) is 4.34 Å². The molecule has 0 atom stereocenters. The fourth-order valence-electron chi connectivity index (χ4n) is 2.47. The summed E-state index contributed by atoms with van der Waals surface area (Å²) in [4.78, 5) is 10.5. The summed E-state index contributed by atoms with van der Waals surface area (Å²) in [5.74, 6) is 0.848. The van der Waals surface area contributed by atoms with E-state index in [9.17, 15) is 8.42 Å². The number of sulfonamides is 1. The first-order chi connectivity index (χ1) is 10.4. The van der Waals surface area contributed by atoms with Gasteiger partial charge in [0, 0.05) is 26.2 Å². The summed E-state index contributed by atoms with van der Waals surface area (Å²) < 4.78 is 27.5. The third-order valence-corrected chi connectivity index (χ3v) is 7.06. The molecular weight excluding hydrogens is 344 g/mol. The molecule has 0 radical (unpaired) electrons. The van der Waals surface area contributed by atoms with Crippen LogP contribution >= 0.6 is 22.9 Å². The molecule has 0 bridgehead atoms. The van der Waals surface area contributed by atoms with Crippen LogP contribution in [-0.2, 0) is 23.0 Å². The predicted octanol–water partition coefficient (Wildman–Crippen LogP) is 2.00. The molecule has 1 aliphatic rings. The molecule has 0 aliphatic carbocycles. The molecule has 0 N–H and O–H groups in total. The monoisotopic (exact) mass is 358 g/mol. The van der Waals surface area contributed by atoms with Gasteiger partial charge >= 0.3 is 0 Å². The Balaban J connectivity index is 1.93. The molecule has 9 heteroatoms. The van der Waals surface area contributed by atoms with E-state index in [-0.39, 0.29) is 10.8 Å². The van der Waals surface area contributed by atoms with Crippen LogP contribution in [-0.4, -0.2) is 43.3 Å². The van der Waals surface area contributed by atoms with Crippen LogP contribution in [0.1, 0.15) is 11.3 Å². The van der Waals surface area contributed by atoms with Crippen LogP contribution in [0.4, 0.5) is 5.82 Å². The molecule has 2 aromatic heterocycles. The van der Waals surface area contributed by atoms with E-state index in [0.717, 1.165) is 28.4 Å². The molecule has 0 saturated carbocycles. The largest absolute Gasteiger partial charge is 0.362 e. The molecule has 3 heterocycles. The molecule has 118 valence electrons. The van der Waals surface area contributed by atoms with Gasteiger partial charge in [0.25, 0.3) is 10.0 Å². The average molecular weight is 359 g/mol. The van der Waals surface area contributed by atoms with Crippen LogP contribution in [0, 0.1) is 0 Å². The summed E-state index contributed by atoms with van der Waals surface area (Å²) in [6.45, 7) is 0.676. The fourth-order valence-corrected chi connectivity index (χ4v) is 5.51. The fraction of sp³-hybridized carbons (Fsp3) is 0.385. The molecule has 0 amide bonds. The first-order valence-electron chi connectivity index (χ1n) is 6.65. The molecule has 22 heavy (non-hydrogen) atoms. The number of rotatable bonds is 3. The number of thiophene rings is 1. The maximum absolute atomic E-state index is 12.7. The number of aromatic nitrogens is 2. The summed E-state index contributed by atoms with van der Waals surface area (Å²) in [5.41, 5.74) is 1.78. The number of halogens is 1. The highest BCUT2D eigenvalue weighted by atomic mass is 35.5. The van der Waals surface area contributed by atoms with Crippen LogP contribution in [0.3, 0.4) is 0 Å². The van der Waals surface area contributed by atoms with Crippen molar-refractivity contribution in [2.45, 2.75) is 17.2 Å². The second kappa shape index (κ2) is 5.77. The van der Waals surface area contributed by atoms with Crippen LogP contribution in [0.5, 0.6) is 0 Å². The number of nitrogens with zero attached hydrogens (tertiary/aromatic N) is 4. The minimum absolute atomic E-state index is 0.260. The second-order valence-corrected chi connectivity index (χ2v) is 9.04. The Labute approximate surface area is 138 Å². The van der Waals surface area contributed by atoms with Gasteiger partial charge in [-0.1, -0.05) is 11.6 Å². The summed E-state index contributed by atoms with van der Waals surface area (Å²) in [7, 11) is 0.308. The lowest BCUT2D eigenvalue weighted by Gasteiger charge is -2.28. The molecule has 0 fully saturated rings. The Morgan fingerprint density at radius 2 is 2.09 bits per heavy atom. The van der Waals surface area contributed by atoms with Crippen molar-refractivity contribution < 1.29 is 8.42 Å². The van der Waals surface area contributed by atoms with Gasteiger partial charge in [-0.15, -0.1) is 11.3 Å². The van der Waals surface area contributed by atoms with Crippen molar-refractivity contribution in [1.29, 1.82) is 0 Å². The highest BCUT2D eigenvalue weighted by Crippen LogP contribution is 2.32. The van der Waals surface area contributed by atoms with Crippen LogP contribution < -0.4 is 4.90 Å². The lowest BCUT2D eigenvalue weighted by Crippen LogP contribution is -2.37. The number of hydrogen-bond donors (Lipinski definition) is 0. The highest BCUT2D eigenvalue weighted by molar-refractivity contribution is 7.91. The third-order valence-electron chi connectivity index (χ3n) is 3.52. The van der Waals surface area contributed by atoms with Crippen molar-refractivity contribution in [3.05, 3.63) is 34.1 Å². The lowest BCUT2D eigenvalue weighted by molar-refractivity contribution is 0.386. The molecule has 1 aliphatic heterocycles. The van der Waals surface area contributed by atoms with E-state index < -0.39 is 10.0 Å². The second-order valence-electron chi connectivity index (χ2n) is 5.16. The highest BCUT2D eigenvalue weighted by Gasteiger charge is 2.31. The Bertz CT molecular complexity index is 804. The minimum Gasteiger partial charge on any atom is -0.362 e. The Morgan fingerprint density at radius 1 is 1.32 bits per heavy atom. The summed E-state index contributed by atoms with van der Waals surface area (Å²) in [5, 5.41) is 0. The topological polar surface area (TPSA) is 66.4 Å². The summed E-state index contributed by atoms with van der Waals surface area (Å²) in [6.07, 6.45) is 2.08. The number of anilines is 1. The van der Waals surface area contributed by atoms with Crippen molar-refractivity contribution in [3.8, 4) is 0 Å². The molecule has 0 unspecified atom stereocenters. The van der Waals surface area contributed by atoms with Gasteiger partial charge in [-0.3, -0.25) is 0 Å². The van der Waals surface area contributed by atoms with Crippen molar-refractivity contribution in [1.82, 2.24) is 14.3 Å². The van der Waals surface area contributed by atoms with Gasteiger partial charge in [-0.2, -0.15) is 4.31 Å². The SMILES string of the molecule is CN(C)c1ncnc2c1CCN(S(=O)(=O)c1ccc(Cl)s1)C2. The Morgan fingerprint density at radius 3 is 2.73 bits per heavy atom. The average Bonchev–Trinajstić information content (AvgIpc) is 2.93. The quantitative estimate of drug-likeness (QED) is 0.839. The minimum atomic E-state index is -3.52. The van der Waals surface area contributed by atoms with E-state index in [1.54, 1.807) is 12.1 Å². The number of hydrogen-bond acceptors (Lipinski definition) is 6. The van der Waals surface area contributed by atoms with Crippen molar-refractivity contribution in [2.24, 2.45) is 0 Å². The van der Waals surface area contributed by atoms with E-state index in [1.165, 1.54) is 10.6 Å². The third kappa shape index (κ3) is 2.71. The number of fused-ring (bicyclic) bond motifs is 1. The van der Waals surface area contributed by atoms with E-state index in [4.69, 9.17) is 11.6 Å². The smallest absolute Gasteiger partial charge is 0.252 e. The maximum atomic E-state index is 12.7. The van der Waals surface area contributed by atoms with E-state index in [1.807, 2.05) is 19.0 Å². The zero-order valence-corrected chi connectivity index (χ0v) is 14.5. The van der Waals surface area contributed by atoms with Gasteiger partial charge in [-0.25, -0.2) is 18.4 Å². The van der Waals surface area contributed by atoms with Gasteiger partial charge < -0.3 is 4.90 Å². The molecule has 3 rings (SSSR count). The van der Waals surface area contributed by atoms with Crippen molar-refractivity contribution >= 4 is 38.8 Å². The van der Waals surface area contributed by atoms with Gasteiger partial charge in [0.1, 0.15) is 16.4 Å². The van der Waals surface area contributed by atoms with E-state index in [0.29, 0.717) is 17.3 Å². The molecule has 0 saturated heterocycles.